The molecule has 0 aliphatic carbocycles. The average molecular weight is 562 g/mol. The van der Waals surface area contributed by atoms with E-state index in [0.29, 0.717) is 6.07 Å². The third kappa shape index (κ3) is 6.24. The number of halogens is 10. The van der Waals surface area contributed by atoms with E-state index >= 15 is 0 Å². The van der Waals surface area contributed by atoms with Crippen molar-refractivity contribution in [3.8, 4) is 0 Å². The predicted octanol–water partition coefficient (Wildman–Crippen LogP) is 7.30. The van der Waals surface area contributed by atoms with Gasteiger partial charge < -0.3 is 0 Å². The fourth-order valence-electron chi connectivity index (χ4n) is 2.94. The molecule has 186 valence electrons. The number of hydrogen-bond acceptors (Lipinski definition) is 3. The summed E-state index contributed by atoms with van der Waals surface area (Å²) in [5.41, 5.74) is -1.88. The molecule has 15 heteroatoms. The molecule has 0 radical (unpaired) electrons. The van der Waals surface area contributed by atoms with Gasteiger partial charge in [0.2, 0.25) is 0 Å². The van der Waals surface area contributed by atoms with Gasteiger partial charge in [-0.2, -0.15) is 26.3 Å². The summed E-state index contributed by atoms with van der Waals surface area (Å²) in [6.07, 6.45) is -8.15. The quantitative estimate of drug-likeness (QED) is 0.263. The Hall–Kier alpha value is -2.83. The monoisotopic (exact) mass is 560 g/mol. The van der Waals surface area contributed by atoms with Gasteiger partial charge in [0.25, 0.3) is 5.91 Å². The highest BCUT2D eigenvalue weighted by molar-refractivity contribution is 6.48. The van der Waals surface area contributed by atoms with Crippen LogP contribution in [0.3, 0.4) is 0 Å². The Morgan fingerprint density at radius 1 is 0.971 bits per heavy atom. The second-order valence-electron chi connectivity index (χ2n) is 6.90. The van der Waals surface area contributed by atoms with Crippen molar-refractivity contribution in [2.45, 2.75) is 18.3 Å². The molecule has 1 N–H and O–H groups in total. The number of allylic oxidation sites excluding steroid dienone is 1. The Kier molecular flexibility index (Phi) is 7.68. The molecule has 0 bridgehead atoms. The molecule has 3 aromatic rings. The van der Waals surface area contributed by atoms with Crippen LogP contribution in [0.2, 0.25) is 15.1 Å². The highest BCUT2D eigenvalue weighted by Crippen LogP contribution is 2.42. The van der Waals surface area contributed by atoms with Gasteiger partial charge in [-0.25, -0.2) is 9.07 Å². The zero-order valence-electron chi connectivity index (χ0n) is 16.7. The molecular formula is C20H10Cl3F7N4O. The van der Waals surface area contributed by atoms with Crippen LogP contribution in [0.25, 0.3) is 5.83 Å². The van der Waals surface area contributed by atoms with Crippen molar-refractivity contribution in [1.82, 2.24) is 14.9 Å². The lowest BCUT2D eigenvalue weighted by Gasteiger charge is -2.19. The molecule has 0 spiro atoms. The van der Waals surface area contributed by atoms with Gasteiger partial charge in [-0.3, -0.25) is 10.2 Å². The molecule has 0 fully saturated rings. The van der Waals surface area contributed by atoms with Crippen LogP contribution in [0.5, 0.6) is 0 Å². The Balaban J connectivity index is 2.05. The van der Waals surface area contributed by atoms with Crippen LogP contribution < -0.4 is 5.43 Å². The van der Waals surface area contributed by atoms with Crippen molar-refractivity contribution in [2.75, 3.05) is 5.43 Å². The van der Waals surface area contributed by atoms with Gasteiger partial charge >= 0.3 is 12.4 Å². The van der Waals surface area contributed by atoms with Crippen LogP contribution in [0, 0.1) is 0 Å². The number of benzene rings is 2. The van der Waals surface area contributed by atoms with E-state index in [1.165, 1.54) is 0 Å². The molecule has 1 unspecified atom stereocenters. The topological polar surface area (TPSA) is 59.8 Å². The maximum absolute atomic E-state index is 14.9. The second-order valence-corrected chi connectivity index (χ2v) is 8.09. The van der Waals surface area contributed by atoms with Crippen LogP contribution in [0.1, 0.15) is 33.0 Å². The summed E-state index contributed by atoms with van der Waals surface area (Å²) in [7, 11) is 0. The first-order valence-corrected chi connectivity index (χ1v) is 10.3. The van der Waals surface area contributed by atoms with Gasteiger partial charge in [0.1, 0.15) is 24.4 Å². The number of aromatic nitrogens is 3. The zero-order chi connectivity index (χ0) is 26.1. The van der Waals surface area contributed by atoms with Crippen molar-refractivity contribution in [3.05, 3.63) is 86.4 Å². The molecule has 0 aliphatic rings. The molecule has 1 atom stereocenters. The van der Waals surface area contributed by atoms with E-state index in [1.807, 2.05) is 5.43 Å². The summed E-state index contributed by atoms with van der Waals surface area (Å²) in [5, 5.41) is 5.85. The van der Waals surface area contributed by atoms with E-state index in [-0.39, 0.29) is 27.2 Å². The summed E-state index contributed by atoms with van der Waals surface area (Å²) in [5.74, 6) is -5.50. The van der Waals surface area contributed by atoms with E-state index in [4.69, 9.17) is 34.8 Å². The summed E-state index contributed by atoms with van der Waals surface area (Å²) in [6.45, 7) is 0. The minimum atomic E-state index is -5.14. The summed E-state index contributed by atoms with van der Waals surface area (Å²) in [6, 6.07) is 3.22. The number of amides is 1. The highest BCUT2D eigenvalue weighted by atomic mass is 35.5. The first-order chi connectivity index (χ1) is 16.2. The number of nitrogens with zero attached hydrogens (tertiary/aromatic N) is 3. The number of carbonyl (C=O) groups is 1. The number of rotatable bonds is 5. The molecule has 1 aromatic heterocycles. The van der Waals surface area contributed by atoms with Crippen LogP contribution in [-0.4, -0.2) is 27.0 Å². The van der Waals surface area contributed by atoms with Crippen LogP contribution in [0.4, 0.5) is 30.7 Å². The highest BCUT2D eigenvalue weighted by Gasteiger charge is 2.41. The van der Waals surface area contributed by atoms with Crippen molar-refractivity contribution >= 4 is 46.5 Å². The molecule has 3 rings (SSSR count). The van der Waals surface area contributed by atoms with E-state index in [9.17, 15) is 35.5 Å². The van der Waals surface area contributed by atoms with Gasteiger partial charge in [-0.15, -0.1) is 10.2 Å². The number of carbonyl (C=O) groups excluding carboxylic acids is 1. The van der Waals surface area contributed by atoms with Crippen molar-refractivity contribution < 1.29 is 35.5 Å². The van der Waals surface area contributed by atoms with Gasteiger partial charge in [-0.1, -0.05) is 40.9 Å². The van der Waals surface area contributed by atoms with E-state index in [0.717, 1.165) is 35.5 Å². The Morgan fingerprint density at radius 3 is 2.06 bits per heavy atom. The predicted molar refractivity (Wildman–Crippen MR) is 115 cm³/mol. The average Bonchev–Trinajstić information content (AvgIpc) is 3.26. The molecule has 5 nitrogen and oxygen atoms in total. The maximum atomic E-state index is 14.9. The van der Waals surface area contributed by atoms with Crippen molar-refractivity contribution in [1.29, 1.82) is 0 Å². The minimum absolute atomic E-state index is 0.0717. The van der Waals surface area contributed by atoms with Crippen molar-refractivity contribution in [2.24, 2.45) is 0 Å². The molecule has 0 aliphatic heterocycles. The standard InChI is InChI=1S/C20H10Cl3F7N4O/c21-14-4-10(5-15(22)17(14)23)12(19(25,26)27)6-16(24)9-1-2-11(13(3-9)20(28,29)30)18(35)33-34-7-31-32-8-34/h1-8,12H,(H,33,35)/b16-6-. The third-order valence-electron chi connectivity index (χ3n) is 4.53. The van der Waals surface area contributed by atoms with E-state index in [2.05, 4.69) is 10.2 Å². The third-order valence-corrected chi connectivity index (χ3v) is 5.72. The van der Waals surface area contributed by atoms with Gasteiger partial charge in [0, 0.05) is 5.56 Å². The fraction of sp³-hybridized carbons (Fsp3) is 0.150. The normalized spacial score (nSPS) is 13.6. The molecule has 1 amide bonds. The SMILES string of the molecule is O=C(Nn1cnnc1)c1ccc(/C(F)=C/C(c2cc(Cl)c(Cl)c(Cl)c2)C(F)(F)F)cc1C(F)(F)F. The van der Waals surface area contributed by atoms with Crippen LogP contribution >= 0.6 is 34.8 Å². The lowest BCUT2D eigenvalue weighted by atomic mass is 9.95. The smallest absolute Gasteiger partial charge is 0.267 e. The minimum Gasteiger partial charge on any atom is -0.267 e. The van der Waals surface area contributed by atoms with Gasteiger partial charge in [-0.05, 0) is 35.9 Å². The summed E-state index contributed by atoms with van der Waals surface area (Å²) >= 11 is 17.3. The molecule has 35 heavy (non-hydrogen) atoms. The van der Waals surface area contributed by atoms with Crippen LogP contribution in [0.15, 0.2) is 49.1 Å². The number of alkyl halides is 6. The molecule has 2 aromatic carbocycles. The molecule has 1 heterocycles. The Bertz CT molecular complexity index is 1250. The van der Waals surface area contributed by atoms with E-state index < -0.39 is 52.3 Å². The van der Waals surface area contributed by atoms with Crippen molar-refractivity contribution in [3.63, 3.8) is 0 Å². The van der Waals surface area contributed by atoms with Gasteiger partial charge in [0.15, 0.2) is 0 Å². The zero-order valence-corrected chi connectivity index (χ0v) is 19.0. The van der Waals surface area contributed by atoms with Gasteiger partial charge in [0.05, 0.1) is 26.2 Å². The molecular weight excluding hydrogens is 552 g/mol. The largest absolute Gasteiger partial charge is 0.417 e. The Morgan fingerprint density at radius 2 is 1.54 bits per heavy atom. The first kappa shape index (κ1) is 26.8. The summed E-state index contributed by atoms with van der Waals surface area (Å²) in [4.78, 5) is 12.3. The summed E-state index contributed by atoms with van der Waals surface area (Å²) < 4.78 is 97.6. The Labute approximate surface area is 207 Å². The number of nitrogens with one attached hydrogen (secondary N) is 1. The molecule has 0 saturated heterocycles. The molecule has 0 saturated carbocycles. The first-order valence-electron chi connectivity index (χ1n) is 9.14. The fourth-order valence-corrected chi connectivity index (χ4v) is 3.55. The lowest BCUT2D eigenvalue weighted by molar-refractivity contribution is -0.140. The lowest BCUT2D eigenvalue weighted by Crippen LogP contribution is -2.25. The number of hydrogen-bond donors (Lipinski definition) is 1. The van der Waals surface area contributed by atoms with E-state index in [1.54, 1.807) is 0 Å². The van der Waals surface area contributed by atoms with Crippen LogP contribution in [-0.2, 0) is 6.18 Å². The maximum Gasteiger partial charge on any atom is 0.417 e. The second kappa shape index (κ2) is 10.0.